The quantitative estimate of drug-likeness (QED) is 0.724. The van der Waals surface area contributed by atoms with Gasteiger partial charge in [0.25, 0.3) is 0 Å². The summed E-state index contributed by atoms with van der Waals surface area (Å²) in [6.07, 6.45) is 0. The van der Waals surface area contributed by atoms with E-state index >= 15 is 0 Å². The maximum atomic E-state index is 5.98. The molecular formula is C16H14ClNS. The van der Waals surface area contributed by atoms with Crippen molar-refractivity contribution in [3.63, 3.8) is 0 Å². The highest BCUT2D eigenvalue weighted by Gasteiger charge is 2.02. The summed E-state index contributed by atoms with van der Waals surface area (Å²) < 4.78 is 1.35. The summed E-state index contributed by atoms with van der Waals surface area (Å²) in [6.45, 7) is 1.72. The lowest BCUT2D eigenvalue weighted by atomic mass is 10.1. The van der Waals surface area contributed by atoms with Crippen molar-refractivity contribution in [3.8, 4) is 0 Å². The minimum Gasteiger partial charge on any atom is -0.309 e. The Bertz CT molecular complexity index is 690. The van der Waals surface area contributed by atoms with Crippen LogP contribution in [0.3, 0.4) is 0 Å². The lowest BCUT2D eigenvalue weighted by Crippen LogP contribution is -2.12. The van der Waals surface area contributed by atoms with E-state index in [1.807, 2.05) is 18.2 Å². The van der Waals surface area contributed by atoms with Crippen LogP contribution in [0.15, 0.2) is 53.9 Å². The predicted octanol–water partition coefficient (Wildman–Crippen LogP) is 4.84. The van der Waals surface area contributed by atoms with E-state index in [2.05, 4.69) is 41.0 Å². The molecule has 0 radical (unpaired) electrons. The molecule has 1 aromatic heterocycles. The van der Waals surface area contributed by atoms with Gasteiger partial charge in [0.15, 0.2) is 0 Å². The predicted molar refractivity (Wildman–Crippen MR) is 83.8 cm³/mol. The molecule has 0 amide bonds. The van der Waals surface area contributed by atoms with Gasteiger partial charge in [0.2, 0.25) is 0 Å². The third-order valence-electron chi connectivity index (χ3n) is 3.09. The SMILES string of the molecule is Clc1cccc(CNCc2csc3ccccc23)c1. The number of halogens is 1. The first-order valence-electron chi connectivity index (χ1n) is 6.23. The van der Waals surface area contributed by atoms with Crippen LogP contribution >= 0.6 is 22.9 Å². The van der Waals surface area contributed by atoms with Gasteiger partial charge in [0, 0.05) is 22.8 Å². The largest absolute Gasteiger partial charge is 0.309 e. The van der Waals surface area contributed by atoms with Gasteiger partial charge in [-0.3, -0.25) is 0 Å². The average Bonchev–Trinajstić information content (AvgIpc) is 2.83. The Morgan fingerprint density at radius 1 is 1.00 bits per heavy atom. The first-order valence-corrected chi connectivity index (χ1v) is 7.49. The second-order valence-corrected chi connectivity index (χ2v) is 5.84. The van der Waals surface area contributed by atoms with Crippen LogP contribution in [0.4, 0.5) is 0 Å². The fraction of sp³-hybridized carbons (Fsp3) is 0.125. The van der Waals surface area contributed by atoms with Crippen molar-refractivity contribution >= 4 is 33.0 Å². The summed E-state index contributed by atoms with van der Waals surface area (Å²) >= 11 is 7.78. The zero-order chi connectivity index (χ0) is 13.1. The van der Waals surface area contributed by atoms with E-state index in [1.54, 1.807) is 11.3 Å². The molecule has 96 valence electrons. The second kappa shape index (κ2) is 5.74. The van der Waals surface area contributed by atoms with E-state index in [0.717, 1.165) is 18.1 Å². The molecule has 1 nitrogen and oxygen atoms in total. The molecule has 19 heavy (non-hydrogen) atoms. The molecule has 0 aliphatic carbocycles. The number of thiophene rings is 1. The first kappa shape index (κ1) is 12.7. The van der Waals surface area contributed by atoms with E-state index in [9.17, 15) is 0 Å². The van der Waals surface area contributed by atoms with Crippen LogP contribution in [-0.4, -0.2) is 0 Å². The molecule has 0 unspecified atom stereocenters. The van der Waals surface area contributed by atoms with Crippen LogP contribution in [0.5, 0.6) is 0 Å². The van der Waals surface area contributed by atoms with Crippen molar-refractivity contribution in [1.82, 2.24) is 5.32 Å². The van der Waals surface area contributed by atoms with E-state index in [-0.39, 0.29) is 0 Å². The van der Waals surface area contributed by atoms with Crippen molar-refractivity contribution in [3.05, 3.63) is 70.1 Å². The molecule has 0 aliphatic heterocycles. The van der Waals surface area contributed by atoms with Crippen molar-refractivity contribution in [2.45, 2.75) is 13.1 Å². The standard InChI is InChI=1S/C16H14ClNS/c17-14-5-3-4-12(8-14)9-18-10-13-11-19-16-7-2-1-6-15(13)16/h1-8,11,18H,9-10H2. The maximum Gasteiger partial charge on any atom is 0.0409 e. The normalized spacial score (nSPS) is 11.0. The summed E-state index contributed by atoms with van der Waals surface area (Å²) in [5.74, 6) is 0. The molecule has 0 saturated carbocycles. The lowest BCUT2D eigenvalue weighted by molar-refractivity contribution is 0.698. The molecule has 0 bridgehead atoms. The molecule has 3 heteroatoms. The first-order chi connectivity index (χ1) is 9.33. The van der Waals surface area contributed by atoms with Gasteiger partial charge in [-0.1, -0.05) is 41.9 Å². The van der Waals surface area contributed by atoms with E-state index in [4.69, 9.17) is 11.6 Å². The fourth-order valence-electron chi connectivity index (χ4n) is 2.16. The van der Waals surface area contributed by atoms with Gasteiger partial charge >= 0.3 is 0 Å². The summed E-state index contributed by atoms with van der Waals surface area (Å²) in [6, 6.07) is 16.5. The Morgan fingerprint density at radius 3 is 2.79 bits per heavy atom. The molecule has 1 heterocycles. The Labute approximate surface area is 121 Å². The Hall–Kier alpha value is -1.35. The molecule has 0 saturated heterocycles. The molecule has 1 N–H and O–H groups in total. The number of fused-ring (bicyclic) bond motifs is 1. The third-order valence-corrected chi connectivity index (χ3v) is 4.34. The maximum absolute atomic E-state index is 5.98. The Balaban J connectivity index is 1.66. The summed E-state index contributed by atoms with van der Waals surface area (Å²) in [7, 11) is 0. The molecule has 3 rings (SSSR count). The van der Waals surface area contributed by atoms with Crippen LogP contribution in [-0.2, 0) is 13.1 Å². The number of nitrogens with one attached hydrogen (secondary N) is 1. The highest BCUT2D eigenvalue weighted by atomic mass is 35.5. The van der Waals surface area contributed by atoms with Crippen LogP contribution < -0.4 is 5.32 Å². The van der Waals surface area contributed by atoms with Gasteiger partial charge in [-0.05, 0) is 40.1 Å². The molecule has 0 fully saturated rings. The second-order valence-electron chi connectivity index (χ2n) is 4.49. The van der Waals surface area contributed by atoms with Crippen LogP contribution in [0.25, 0.3) is 10.1 Å². The van der Waals surface area contributed by atoms with Crippen LogP contribution in [0.2, 0.25) is 5.02 Å². The zero-order valence-electron chi connectivity index (χ0n) is 10.4. The van der Waals surface area contributed by atoms with Crippen molar-refractivity contribution in [2.24, 2.45) is 0 Å². The number of benzene rings is 2. The van der Waals surface area contributed by atoms with Gasteiger partial charge in [-0.15, -0.1) is 11.3 Å². The molecule has 3 aromatic rings. The van der Waals surface area contributed by atoms with Crippen LogP contribution in [0.1, 0.15) is 11.1 Å². The van der Waals surface area contributed by atoms with Gasteiger partial charge in [-0.2, -0.15) is 0 Å². The fourth-order valence-corrected chi connectivity index (χ4v) is 3.33. The highest BCUT2D eigenvalue weighted by molar-refractivity contribution is 7.17. The summed E-state index contributed by atoms with van der Waals surface area (Å²) in [5.41, 5.74) is 2.58. The number of hydrogen-bond donors (Lipinski definition) is 1. The van der Waals surface area contributed by atoms with Crippen molar-refractivity contribution in [1.29, 1.82) is 0 Å². The molecule has 2 aromatic carbocycles. The van der Waals surface area contributed by atoms with E-state index < -0.39 is 0 Å². The van der Waals surface area contributed by atoms with Crippen molar-refractivity contribution in [2.75, 3.05) is 0 Å². The average molecular weight is 288 g/mol. The molecule has 0 atom stereocenters. The van der Waals surface area contributed by atoms with Gasteiger partial charge in [0.05, 0.1) is 0 Å². The lowest BCUT2D eigenvalue weighted by Gasteiger charge is -2.05. The molecule has 0 aliphatic rings. The zero-order valence-corrected chi connectivity index (χ0v) is 12.0. The monoisotopic (exact) mass is 287 g/mol. The van der Waals surface area contributed by atoms with Crippen molar-refractivity contribution < 1.29 is 0 Å². The van der Waals surface area contributed by atoms with Gasteiger partial charge in [0.1, 0.15) is 0 Å². The minimum absolute atomic E-state index is 0.792. The highest BCUT2D eigenvalue weighted by Crippen LogP contribution is 2.25. The van der Waals surface area contributed by atoms with Crippen LogP contribution in [0, 0.1) is 0 Å². The van der Waals surface area contributed by atoms with Gasteiger partial charge < -0.3 is 5.32 Å². The third kappa shape index (κ3) is 2.98. The van der Waals surface area contributed by atoms with Gasteiger partial charge in [-0.25, -0.2) is 0 Å². The van der Waals surface area contributed by atoms with E-state index in [0.29, 0.717) is 0 Å². The topological polar surface area (TPSA) is 12.0 Å². The Morgan fingerprint density at radius 2 is 1.89 bits per heavy atom. The molecular weight excluding hydrogens is 274 g/mol. The molecule has 0 spiro atoms. The number of rotatable bonds is 4. The smallest absolute Gasteiger partial charge is 0.0409 e. The minimum atomic E-state index is 0.792. The number of hydrogen-bond acceptors (Lipinski definition) is 2. The summed E-state index contributed by atoms with van der Waals surface area (Å²) in [5, 5.41) is 7.85. The summed E-state index contributed by atoms with van der Waals surface area (Å²) in [4.78, 5) is 0. The Kier molecular flexibility index (Phi) is 3.83. The van der Waals surface area contributed by atoms with E-state index in [1.165, 1.54) is 21.2 Å².